The Kier molecular flexibility index (Phi) is 2.81. The average molecular weight is 281 g/mol. The Morgan fingerprint density at radius 3 is 2.55 bits per heavy atom. The van der Waals surface area contributed by atoms with Crippen LogP contribution >= 0.6 is 31.9 Å². The van der Waals surface area contributed by atoms with Gasteiger partial charge in [-0.1, -0.05) is 31.9 Å². The SMILES string of the molecule is CC1=CN(C)C(Br)C(C)=C1Br. The molecular weight excluding hydrogens is 270 g/mol. The van der Waals surface area contributed by atoms with Crippen LogP contribution in [0.5, 0.6) is 0 Å². The highest BCUT2D eigenvalue weighted by Crippen LogP contribution is 2.32. The molecule has 0 N–H and O–H groups in total. The predicted octanol–water partition coefficient (Wildman–Crippen LogP) is 3.23. The molecule has 0 amide bonds. The Labute approximate surface area is 84.4 Å². The first kappa shape index (κ1) is 9.33. The minimum absolute atomic E-state index is 0.334. The van der Waals surface area contributed by atoms with E-state index < -0.39 is 0 Å². The molecule has 0 aromatic heterocycles. The summed E-state index contributed by atoms with van der Waals surface area (Å²) in [6, 6.07) is 0. The highest BCUT2D eigenvalue weighted by atomic mass is 79.9. The highest BCUT2D eigenvalue weighted by Gasteiger charge is 2.18. The summed E-state index contributed by atoms with van der Waals surface area (Å²) in [5, 5.41) is 0. The maximum Gasteiger partial charge on any atom is 0.106 e. The van der Waals surface area contributed by atoms with Crippen molar-refractivity contribution in [2.24, 2.45) is 0 Å². The average Bonchev–Trinajstić information content (AvgIpc) is 1.97. The van der Waals surface area contributed by atoms with E-state index in [0.29, 0.717) is 4.95 Å². The Bertz CT molecular complexity index is 230. The molecule has 0 radical (unpaired) electrons. The second-order valence-electron chi connectivity index (χ2n) is 2.81. The number of rotatable bonds is 0. The summed E-state index contributed by atoms with van der Waals surface area (Å²) in [4.78, 5) is 2.48. The maximum atomic E-state index is 3.58. The summed E-state index contributed by atoms with van der Waals surface area (Å²) in [5.41, 5.74) is 2.60. The van der Waals surface area contributed by atoms with Crippen molar-refractivity contribution in [1.29, 1.82) is 0 Å². The zero-order valence-corrected chi connectivity index (χ0v) is 10.0. The standard InChI is InChI=1S/C8H11Br2N/c1-5-4-11(3)8(10)6(2)7(5)9/h4,8H,1-3H3. The van der Waals surface area contributed by atoms with E-state index in [1.165, 1.54) is 15.6 Å². The van der Waals surface area contributed by atoms with Gasteiger partial charge in [0.2, 0.25) is 0 Å². The van der Waals surface area contributed by atoms with Crippen molar-refractivity contribution < 1.29 is 0 Å². The lowest BCUT2D eigenvalue weighted by Gasteiger charge is -2.28. The van der Waals surface area contributed by atoms with E-state index in [1.807, 2.05) is 0 Å². The van der Waals surface area contributed by atoms with E-state index >= 15 is 0 Å². The zero-order valence-electron chi connectivity index (χ0n) is 6.86. The molecule has 0 bridgehead atoms. The molecule has 1 aliphatic heterocycles. The van der Waals surface area contributed by atoms with Gasteiger partial charge < -0.3 is 4.90 Å². The number of alkyl halides is 1. The van der Waals surface area contributed by atoms with Crippen LogP contribution in [0.4, 0.5) is 0 Å². The van der Waals surface area contributed by atoms with E-state index in [4.69, 9.17) is 0 Å². The van der Waals surface area contributed by atoms with Gasteiger partial charge in [0.25, 0.3) is 0 Å². The van der Waals surface area contributed by atoms with Crippen molar-refractivity contribution in [3.63, 3.8) is 0 Å². The van der Waals surface area contributed by atoms with Crippen LogP contribution < -0.4 is 0 Å². The number of hydrogen-bond acceptors (Lipinski definition) is 1. The van der Waals surface area contributed by atoms with Crippen LogP contribution in [0.3, 0.4) is 0 Å². The van der Waals surface area contributed by atoms with Crippen molar-refractivity contribution in [3.05, 3.63) is 21.8 Å². The molecule has 62 valence electrons. The fourth-order valence-corrected chi connectivity index (χ4v) is 2.12. The molecule has 1 heterocycles. The summed E-state index contributed by atoms with van der Waals surface area (Å²) < 4.78 is 1.22. The molecule has 0 spiro atoms. The third-order valence-electron chi connectivity index (χ3n) is 1.80. The van der Waals surface area contributed by atoms with Crippen LogP contribution in [0, 0.1) is 0 Å². The molecule has 0 saturated carbocycles. The van der Waals surface area contributed by atoms with Crippen LogP contribution in [-0.4, -0.2) is 16.9 Å². The van der Waals surface area contributed by atoms with E-state index in [9.17, 15) is 0 Å². The molecule has 0 saturated heterocycles. The van der Waals surface area contributed by atoms with Crippen LogP contribution in [0.25, 0.3) is 0 Å². The molecule has 0 aromatic rings. The van der Waals surface area contributed by atoms with Crippen molar-refractivity contribution in [2.75, 3.05) is 7.05 Å². The van der Waals surface area contributed by atoms with E-state index in [0.717, 1.165) is 0 Å². The van der Waals surface area contributed by atoms with Gasteiger partial charge in [-0.3, -0.25) is 0 Å². The van der Waals surface area contributed by atoms with Gasteiger partial charge >= 0.3 is 0 Å². The second-order valence-corrected chi connectivity index (χ2v) is 4.47. The smallest absolute Gasteiger partial charge is 0.106 e. The first-order chi connectivity index (χ1) is 5.04. The monoisotopic (exact) mass is 279 g/mol. The molecular formula is C8H11Br2N. The quantitative estimate of drug-likeness (QED) is 0.486. The van der Waals surface area contributed by atoms with Crippen molar-refractivity contribution in [3.8, 4) is 0 Å². The van der Waals surface area contributed by atoms with Gasteiger partial charge in [0.15, 0.2) is 0 Å². The topological polar surface area (TPSA) is 3.24 Å². The first-order valence-electron chi connectivity index (χ1n) is 3.45. The van der Waals surface area contributed by atoms with Gasteiger partial charge in [0.05, 0.1) is 0 Å². The van der Waals surface area contributed by atoms with Crippen molar-refractivity contribution in [1.82, 2.24) is 4.90 Å². The van der Waals surface area contributed by atoms with Crippen molar-refractivity contribution >= 4 is 31.9 Å². The van der Waals surface area contributed by atoms with E-state index in [2.05, 4.69) is 63.9 Å². The Morgan fingerprint density at radius 1 is 1.45 bits per heavy atom. The Morgan fingerprint density at radius 2 is 2.00 bits per heavy atom. The van der Waals surface area contributed by atoms with Crippen LogP contribution in [0.15, 0.2) is 21.8 Å². The largest absolute Gasteiger partial charge is 0.364 e. The summed E-state index contributed by atoms with van der Waals surface area (Å²) >= 11 is 7.12. The molecule has 1 aliphatic rings. The molecule has 3 heteroatoms. The fourth-order valence-electron chi connectivity index (χ4n) is 1.15. The summed E-state index contributed by atoms with van der Waals surface area (Å²) in [6.45, 7) is 4.22. The number of halogens is 2. The Hall–Kier alpha value is 0.240. The molecule has 0 aromatic carbocycles. The molecule has 11 heavy (non-hydrogen) atoms. The molecule has 1 rings (SSSR count). The van der Waals surface area contributed by atoms with Gasteiger partial charge in [0, 0.05) is 17.7 Å². The summed E-state index contributed by atoms with van der Waals surface area (Å²) in [7, 11) is 2.06. The van der Waals surface area contributed by atoms with E-state index in [1.54, 1.807) is 0 Å². The number of nitrogens with zero attached hydrogens (tertiary/aromatic N) is 1. The van der Waals surface area contributed by atoms with Crippen LogP contribution in [0.1, 0.15) is 13.8 Å². The van der Waals surface area contributed by atoms with Crippen LogP contribution in [-0.2, 0) is 0 Å². The zero-order chi connectivity index (χ0) is 8.59. The summed E-state index contributed by atoms with van der Waals surface area (Å²) in [5.74, 6) is 0. The maximum absolute atomic E-state index is 3.58. The van der Waals surface area contributed by atoms with Gasteiger partial charge in [-0.05, 0) is 25.0 Å². The minimum atomic E-state index is 0.334. The number of likely N-dealkylation sites (N-methyl/N-ethyl adjacent to an activating group) is 1. The first-order valence-corrected chi connectivity index (χ1v) is 5.16. The third kappa shape index (κ3) is 1.70. The lowest BCUT2D eigenvalue weighted by molar-refractivity contribution is 0.460. The van der Waals surface area contributed by atoms with Gasteiger partial charge in [0.1, 0.15) is 4.95 Å². The van der Waals surface area contributed by atoms with Crippen LogP contribution in [0.2, 0.25) is 0 Å². The minimum Gasteiger partial charge on any atom is -0.364 e. The molecule has 0 aliphatic carbocycles. The number of allylic oxidation sites excluding steroid dienone is 2. The van der Waals surface area contributed by atoms with Gasteiger partial charge in [-0.25, -0.2) is 0 Å². The highest BCUT2D eigenvalue weighted by molar-refractivity contribution is 9.12. The normalized spacial score (nSPS) is 25.7. The Balaban J connectivity index is 3.02. The lowest BCUT2D eigenvalue weighted by Crippen LogP contribution is -2.26. The fraction of sp³-hybridized carbons (Fsp3) is 0.500. The molecule has 0 fully saturated rings. The van der Waals surface area contributed by atoms with Crippen molar-refractivity contribution in [2.45, 2.75) is 18.8 Å². The summed E-state index contributed by atoms with van der Waals surface area (Å²) in [6.07, 6.45) is 2.12. The molecule has 1 atom stereocenters. The molecule has 1 nitrogen and oxygen atoms in total. The third-order valence-corrected chi connectivity index (χ3v) is 4.39. The molecule has 1 unspecified atom stereocenters. The van der Waals surface area contributed by atoms with E-state index in [-0.39, 0.29) is 0 Å². The predicted molar refractivity (Wildman–Crippen MR) is 55.9 cm³/mol. The van der Waals surface area contributed by atoms with Gasteiger partial charge in [-0.2, -0.15) is 0 Å². The van der Waals surface area contributed by atoms with Gasteiger partial charge in [-0.15, -0.1) is 0 Å². The lowest BCUT2D eigenvalue weighted by atomic mass is 10.1. The second kappa shape index (κ2) is 3.31. The number of hydrogen-bond donors (Lipinski definition) is 0.